The first kappa shape index (κ1) is 29.5. The number of hydrogen-bond donors (Lipinski definition) is 1. The standard InChI is InChI=1S/C23H27Cl4N3O4S/c1-4-5-8-28-23(32)15(2)29(13-16-6-7-17(24)12-21(16)27)22(31)14-30(35(3,33)34)20-10-18(25)9-19(26)11-20/h6-7,9-12,15H,4-5,8,13-14H2,1-3H3,(H,28,32)/t15-/m1/s1. The Morgan fingerprint density at radius 1 is 1.00 bits per heavy atom. The number of carbonyl (C=O) groups excluding carboxylic acids is 2. The molecular formula is C23H27Cl4N3O4S. The van der Waals surface area contributed by atoms with Gasteiger partial charge >= 0.3 is 0 Å². The highest BCUT2D eigenvalue weighted by Gasteiger charge is 2.30. The van der Waals surface area contributed by atoms with Gasteiger partial charge in [0.15, 0.2) is 0 Å². The Morgan fingerprint density at radius 3 is 2.17 bits per heavy atom. The Labute approximate surface area is 226 Å². The van der Waals surface area contributed by atoms with Gasteiger partial charge in [-0.25, -0.2) is 8.42 Å². The molecule has 7 nitrogen and oxygen atoms in total. The summed E-state index contributed by atoms with van der Waals surface area (Å²) in [5, 5.41) is 3.96. The largest absolute Gasteiger partial charge is 0.354 e. The molecule has 0 saturated carbocycles. The van der Waals surface area contributed by atoms with Crippen molar-refractivity contribution in [3.8, 4) is 0 Å². The molecule has 0 radical (unpaired) electrons. The minimum Gasteiger partial charge on any atom is -0.354 e. The maximum absolute atomic E-state index is 13.5. The molecule has 0 saturated heterocycles. The van der Waals surface area contributed by atoms with E-state index in [2.05, 4.69) is 5.32 Å². The normalized spacial score (nSPS) is 12.2. The Morgan fingerprint density at radius 2 is 1.63 bits per heavy atom. The maximum atomic E-state index is 13.5. The lowest BCUT2D eigenvalue weighted by molar-refractivity contribution is -0.139. The van der Waals surface area contributed by atoms with Crippen molar-refractivity contribution in [1.29, 1.82) is 0 Å². The summed E-state index contributed by atoms with van der Waals surface area (Å²) in [6, 6.07) is 8.13. The summed E-state index contributed by atoms with van der Waals surface area (Å²) < 4.78 is 26.1. The average molecular weight is 583 g/mol. The van der Waals surface area contributed by atoms with Crippen molar-refractivity contribution in [3.63, 3.8) is 0 Å². The van der Waals surface area contributed by atoms with Gasteiger partial charge in [0.25, 0.3) is 0 Å². The molecule has 12 heteroatoms. The van der Waals surface area contributed by atoms with Crippen LogP contribution in [0.25, 0.3) is 0 Å². The molecule has 0 fully saturated rings. The van der Waals surface area contributed by atoms with Crippen LogP contribution < -0.4 is 9.62 Å². The first-order valence-electron chi connectivity index (χ1n) is 10.8. The van der Waals surface area contributed by atoms with E-state index in [1.807, 2.05) is 6.92 Å². The molecular weight excluding hydrogens is 556 g/mol. The fraction of sp³-hybridized carbons (Fsp3) is 0.391. The second kappa shape index (κ2) is 13.0. The quantitative estimate of drug-likeness (QED) is 0.359. The van der Waals surface area contributed by atoms with E-state index < -0.39 is 28.5 Å². The minimum absolute atomic E-state index is 0.0366. The highest BCUT2D eigenvalue weighted by Crippen LogP contribution is 2.28. The summed E-state index contributed by atoms with van der Waals surface area (Å²) in [5.41, 5.74) is 0.678. The summed E-state index contributed by atoms with van der Waals surface area (Å²) in [6.07, 6.45) is 2.65. The fourth-order valence-electron chi connectivity index (χ4n) is 3.25. The lowest BCUT2D eigenvalue weighted by atomic mass is 10.1. The van der Waals surface area contributed by atoms with Crippen LogP contribution in [0.3, 0.4) is 0 Å². The van der Waals surface area contributed by atoms with Crippen molar-refractivity contribution >= 4 is 73.9 Å². The van der Waals surface area contributed by atoms with Gasteiger partial charge in [-0.05, 0) is 49.2 Å². The molecule has 2 aromatic rings. The number of nitrogens with zero attached hydrogens (tertiary/aromatic N) is 2. The molecule has 0 aliphatic rings. The SMILES string of the molecule is CCCCNC(=O)[C@@H](C)N(Cc1ccc(Cl)cc1Cl)C(=O)CN(c1cc(Cl)cc(Cl)c1)S(C)(=O)=O. The van der Waals surface area contributed by atoms with Crippen LogP contribution in [0.2, 0.25) is 20.1 Å². The van der Waals surface area contributed by atoms with Crippen LogP contribution in [-0.2, 0) is 26.2 Å². The second-order valence-electron chi connectivity index (χ2n) is 7.98. The lowest BCUT2D eigenvalue weighted by Gasteiger charge is -2.31. The topological polar surface area (TPSA) is 86.8 Å². The Bertz CT molecular complexity index is 1160. The zero-order valence-corrected chi connectivity index (χ0v) is 23.4. The Hall–Kier alpha value is -1.71. The molecule has 35 heavy (non-hydrogen) atoms. The lowest BCUT2D eigenvalue weighted by Crippen LogP contribution is -2.51. The molecule has 2 amide bonds. The predicted molar refractivity (Wildman–Crippen MR) is 143 cm³/mol. The number of halogens is 4. The third-order valence-corrected chi connectivity index (χ3v) is 7.33. The molecule has 0 spiro atoms. The number of rotatable bonds is 11. The van der Waals surface area contributed by atoms with Gasteiger partial charge in [0.1, 0.15) is 12.6 Å². The molecule has 192 valence electrons. The van der Waals surface area contributed by atoms with E-state index in [4.69, 9.17) is 46.4 Å². The van der Waals surface area contributed by atoms with E-state index in [-0.39, 0.29) is 28.2 Å². The van der Waals surface area contributed by atoms with E-state index in [1.54, 1.807) is 19.1 Å². The third-order valence-electron chi connectivity index (χ3n) is 5.17. The fourth-order valence-corrected chi connectivity index (χ4v) is 5.07. The summed E-state index contributed by atoms with van der Waals surface area (Å²) in [7, 11) is -3.91. The molecule has 1 N–H and O–H groups in total. The minimum atomic E-state index is -3.91. The Balaban J connectivity index is 2.42. The van der Waals surface area contributed by atoms with Crippen molar-refractivity contribution in [1.82, 2.24) is 10.2 Å². The number of unbranched alkanes of at least 4 members (excludes halogenated alkanes) is 1. The third kappa shape index (κ3) is 8.72. The number of benzene rings is 2. The molecule has 0 aliphatic heterocycles. The van der Waals surface area contributed by atoms with E-state index in [0.29, 0.717) is 22.2 Å². The molecule has 0 unspecified atom stereocenters. The van der Waals surface area contributed by atoms with Gasteiger partial charge in [-0.1, -0.05) is 65.8 Å². The number of anilines is 1. The molecule has 0 aromatic heterocycles. The summed E-state index contributed by atoms with van der Waals surface area (Å²) in [5.74, 6) is -0.982. The van der Waals surface area contributed by atoms with E-state index in [0.717, 1.165) is 23.4 Å². The van der Waals surface area contributed by atoms with Crippen LogP contribution in [-0.4, -0.2) is 50.5 Å². The molecule has 2 aromatic carbocycles. The van der Waals surface area contributed by atoms with E-state index in [1.165, 1.54) is 29.2 Å². The van der Waals surface area contributed by atoms with Crippen LogP contribution in [0.15, 0.2) is 36.4 Å². The molecule has 0 bridgehead atoms. The number of carbonyl (C=O) groups is 2. The van der Waals surface area contributed by atoms with Gasteiger partial charge < -0.3 is 10.2 Å². The van der Waals surface area contributed by atoms with Crippen LogP contribution in [0.4, 0.5) is 5.69 Å². The monoisotopic (exact) mass is 581 g/mol. The number of hydrogen-bond acceptors (Lipinski definition) is 4. The highest BCUT2D eigenvalue weighted by molar-refractivity contribution is 7.92. The van der Waals surface area contributed by atoms with Gasteiger partial charge in [0, 0.05) is 33.2 Å². The molecule has 1 atom stereocenters. The predicted octanol–water partition coefficient (Wildman–Crippen LogP) is 5.40. The van der Waals surface area contributed by atoms with Crippen molar-refractivity contribution in [2.24, 2.45) is 0 Å². The van der Waals surface area contributed by atoms with Gasteiger partial charge in [-0.3, -0.25) is 13.9 Å². The zero-order valence-electron chi connectivity index (χ0n) is 19.5. The average Bonchev–Trinajstić information content (AvgIpc) is 2.75. The Kier molecular flexibility index (Phi) is 11.0. The van der Waals surface area contributed by atoms with E-state index in [9.17, 15) is 18.0 Å². The van der Waals surface area contributed by atoms with Crippen molar-refractivity contribution in [2.75, 3.05) is 23.7 Å². The number of amides is 2. The van der Waals surface area contributed by atoms with Crippen LogP contribution in [0, 0.1) is 0 Å². The zero-order chi connectivity index (χ0) is 26.3. The highest BCUT2D eigenvalue weighted by atomic mass is 35.5. The van der Waals surface area contributed by atoms with E-state index >= 15 is 0 Å². The van der Waals surface area contributed by atoms with Crippen molar-refractivity contribution < 1.29 is 18.0 Å². The first-order valence-corrected chi connectivity index (χ1v) is 14.1. The number of nitrogens with one attached hydrogen (secondary N) is 1. The van der Waals surface area contributed by atoms with Gasteiger partial charge in [-0.15, -0.1) is 0 Å². The molecule has 0 heterocycles. The molecule has 2 rings (SSSR count). The second-order valence-corrected chi connectivity index (χ2v) is 11.6. The van der Waals surface area contributed by atoms with Crippen LogP contribution in [0.5, 0.6) is 0 Å². The van der Waals surface area contributed by atoms with Gasteiger partial charge in [-0.2, -0.15) is 0 Å². The van der Waals surface area contributed by atoms with Gasteiger partial charge in [0.05, 0.1) is 11.9 Å². The molecule has 0 aliphatic carbocycles. The summed E-state index contributed by atoms with van der Waals surface area (Å²) in [4.78, 5) is 27.6. The van der Waals surface area contributed by atoms with Crippen molar-refractivity contribution in [2.45, 2.75) is 39.3 Å². The number of sulfonamides is 1. The maximum Gasteiger partial charge on any atom is 0.244 e. The smallest absolute Gasteiger partial charge is 0.244 e. The first-order chi connectivity index (χ1) is 16.3. The van der Waals surface area contributed by atoms with Crippen molar-refractivity contribution in [3.05, 3.63) is 62.1 Å². The van der Waals surface area contributed by atoms with Crippen LogP contribution in [0.1, 0.15) is 32.3 Å². The summed E-state index contributed by atoms with van der Waals surface area (Å²) >= 11 is 24.4. The summed E-state index contributed by atoms with van der Waals surface area (Å²) in [6.45, 7) is 3.41. The van der Waals surface area contributed by atoms with Crippen LogP contribution >= 0.6 is 46.4 Å². The van der Waals surface area contributed by atoms with Gasteiger partial charge in [0.2, 0.25) is 21.8 Å².